The molecule has 0 aliphatic carbocycles. The maximum Gasteiger partial charge on any atom is 0.329 e. The lowest BCUT2D eigenvalue weighted by Gasteiger charge is -2.32. The van der Waals surface area contributed by atoms with E-state index in [0.29, 0.717) is 53.7 Å². The molecular weight excluding hydrogens is 398 g/mol. The van der Waals surface area contributed by atoms with E-state index >= 15 is 0 Å². The third kappa shape index (κ3) is 3.60. The van der Waals surface area contributed by atoms with E-state index in [1.165, 1.54) is 19.3 Å². The molecule has 0 atom stereocenters. The molecule has 0 unspecified atom stereocenters. The summed E-state index contributed by atoms with van der Waals surface area (Å²) in [6.07, 6.45) is 5.47. The fourth-order valence-corrected chi connectivity index (χ4v) is 4.08. The topological polar surface area (TPSA) is 137 Å². The second-order valence-corrected chi connectivity index (χ2v) is 7.48. The molecule has 0 radical (unpaired) electrons. The van der Waals surface area contributed by atoms with Crippen molar-refractivity contribution in [2.45, 2.75) is 25.8 Å². The predicted octanol–water partition coefficient (Wildman–Crippen LogP) is 1.03. The van der Waals surface area contributed by atoms with E-state index in [4.69, 9.17) is 5.41 Å². The monoisotopic (exact) mass is 421 g/mol. The number of carbonyl (C=O) groups is 1. The maximum absolute atomic E-state index is 12.9. The van der Waals surface area contributed by atoms with Crippen LogP contribution >= 0.6 is 0 Å². The van der Waals surface area contributed by atoms with Crippen LogP contribution in [0.2, 0.25) is 0 Å². The lowest BCUT2D eigenvalue weighted by atomic mass is 10.0. The number of amides is 1. The highest BCUT2D eigenvalue weighted by Crippen LogP contribution is 2.27. The number of H-pyrrole nitrogens is 1. The lowest BCUT2D eigenvalue weighted by Crippen LogP contribution is -2.41. The van der Waals surface area contributed by atoms with E-state index in [0.717, 1.165) is 0 Å². The van der Waals surface area contributed by atoms with Crippen molar-refractivity contribution in [1.82, 2.24) is 29.7 Å². The summed E-state index contributed by atoms with van der Waals surface area (Å²) in [7, 11) is 1.73. The fourth-order valence-electron chi connectivity index (χ4n) is 4.08. The van der Waals surface area contributed by atoms with Gasteiger partial charge in [-0.15, -0.1) is 0 Å². The Morgan fingerprint density at radius 3 is 2.68 bits per heavy atom. The number of hydrogen-bond donors (Lipinski definition) is 3. The number of rotatable bonds is 4. The van der Waals surface area contributed by atoms with Crippen molar-refractivity contribution in [1.29, 1.82) is 5.41 Å². The van der Waals surface area contributed by atoms with Crippen LogP contribution in [0.4, 0.5) is 0 Å². The number of likely N-dealkylation sites (tertiary alicyclic amines) is 1. The highest BCUT2D eigenvalue weighted by atomic mass is 16.2. The molecule has 4 rings (SSSR count). The molecule has 3 aromatic rings. The van der Waals surface area contributed by atoms with E-state index in [1.54, 1.807) is 34.8 Å². The van der Waals surface area contributed by atoms with Gasteiger partial charge in [-0.1, -0.05) is 0 Å². The molecule has 0 aromatic carbocycles. The van der Waals surface area contributed by atoms with Crippen LogP contribution in [-0.2, 0) is 4.79 Å². The van der Waals surface area contributed by atoms with Crippen LogP contribution in [0.25, 0.3) is 27.5 Å². The maximum atomic E-state index is 12.9. The zero-order valence-corrected chi connectivity index (χ0v) is 17.3. The van der Waals surface area contributed by atoms with Crippen LogP contribution in [0.15, 0.2) is 34.1 Å². The first-order valence-corrected chi connectivity index (χ1v) is 10.0. The van der Waals surface area contributed by atoms with Gasteiger partial charge in [0.05, 0.1) is 22.1 Å². The number of nitrogens with one attached hydrogen (secondary N) is 3. The molecule has 1 aliphatic heterocycles. The molecule has 1 aliphatic rings. The van der Waals surface area contributed by atoms with E-state index in [-0.39, 0.29) is 17.3 Å². The second-order valence-electron chi connectivity index (χ2n) is 7.48. The van der Waals surface area contributed by atoms with Crippen molar-refractivity contribution < 1.29 is 4.79 Å². The van der Waals surface area contributed by atoms with Crippen molar-refractivity contribution in [2.75, 3.05) is 20.1 Å². The van der Waals surface area contributed by atoms with Crippen molar-refractivity contribution in [3.05, 3.63) is 51.1 Å². The van der Waals surface area contributed by atoms with Crippen LogP contribution in [-0.4, -0.2) is 56.7 Å². The summed E-state index contributed by atoms with van der Waals surface area (Å²) < 4.78 is 1.58. The summed E-state index contributed by atoms with van der Waals surface area (Å²) in [4.78, 5) is 50.3. The molecule has 0 spiro atoms. The molecule has 31 heavy (non-hydrogen) atoms. The Morgan fingerprint density at radius 2 is 2.03 bits per heavy atom. The third-order valence-corrected chi connectivity index (χ3v) is 5.64. The number of aromatic amines is 1. The number of allylic oxidation sites excluding steroid dienone is 1. The van der Waals surface area contributed by atoms with Gasteiger partial charge in [-0.25, -0.2) is 9.78 Å². The molecule has 3 aromatic heterocycles. The number of hydrogen-bond acceptors (Lipinski definition) is 7. The summed E-state index contributed by atoms with van der Waals surface area (Å²) in [5, 5.41) is 10.8. The first-order valence-electron chi connectivity index (χ1n) is 10.0. The van der Waals surface area contributed by atoms with Crippen molar-refractivity contribution in [3.8, 4) is 0 Å². The summed E-state index contributed by atoms with van der Waals surface area (Å²) >= 11 is 0. The average Bonchev–Trinajstić information content (AvgIpc) is 2.77. The van der Waals surface area contributed by atoms with Crippen LogP contribution in [0.1, 0.15) is 31.5 Å². The van der Waals surface area contributed by atoms with Gasteiger partial charge in [0.2, 0.25) is 5.91 Å². The average molecular weight is 421 g/mol. The van der Waals surface area contributed by atoms with Crippen LogP contribution in [0, 0.1) is 5.41 Å². The summed E-state index contributed by atoms with van der Waals surface area (Å²) in [6, 6.07) is 3.32. The Bertz CT molecular complexity index is 1330. The summed E-state index contributed by atoms with van der Waals surface area (Å²) in [5.41, 5.74) is 1.46. The number of nitrogens with zero attached hydrogens (tertiary/aromatic N) is 4. The van der Waals surface area contributed by atoms with Gasteiger partial charge in [-0.2, -0.15) is 0 Å². The van der Waals surface area contributed by atoms with Gasteiger partial charge in [0.1, 0.15) is 5.52 Å². The number of aromatic nitrogens is 4. The van der Waals surface area contributed by atoms with Gasteiger partial charge < -0.3 is 15.6 Å². The molecule has 10 nitrogen and oxygen atoms in total. The molecule has 0 bridgehead atoms. The van der Waals surface area contributed by atoms with Crippen LogP contribution < -0.4 is 16.6 Å². The van der Waals surface area contributed by atoms with Gasteiger partial charge in [0.25, 0.3) is 5.56 Å². The van der Waals surface area contributed by atoms with Crippen LogP contribution in [0.3, 0.4) is 0 Å². The normalized spacial score (nSPS) is 15.4. The molecule has 1 saturated heterocycles. The molecule has 4 heterocycles. The minimum atomic E-state index is -0.517. The van der Waals surface area contributed by atoms with E-state index in [1.807, 2.05) is 0 Å². The standard InChI is InChI=1S/C21H23N7O3/c1-12(29)27-7-5-14(6-8-27)28-19-15(20(30)26-21(28)31)11-24-17-4-3-16(25-18(17)19)13(9-22)10-23-2/h3-4,9-11,14,22-23H,5-8H2,1-2H3,(H,26,30,31)/b13-10+,22-9?. The Labute approximate surface area is 177 Å². The first kappa shape index (κ1) is 20.5. The van der Waals surface area contributed by atoms with Crippen molar-refractivity contribution in [3.63, 3.8) is 0 Å². The Balaban J connectivity index is 1.97. The Morgan fingerprint density at radius 1 is 1.29 bits per heavy atom. The Hall–Kier alpha value is -3.82. The molecule has 10 heteroatoms. The van der Waals surface area contributed by atoms with Crippen LogP contribution in [0.5, 0.6) is 0 Å². The second kappa shape index (κ2) is 8.13. The van der Waals surface area contributed by atoms with E-state index in [2.05, 4.69) is 20.3 Å². The highest BCUT2D eigenvalue weighted by Gasteiger charge is 2.26. The van der Waals surface area contributed by atoms with Gasteiger partial charge in [0, 0.05) is 57.3 Å². The molecule has 3 N–H and O–H groups in total. The zero-order valence-electron chi connectivity index (χ0n) is 17.3. The van der Waals surface area contributed by atoms with Gasteiger partial charge in [-0.05, 0) is 25.0 Å². The molecule has 160 valence electrons. The van der Waals surface area contributed by atoms with Gasteiger partial charge >= 0.3 is 5.69 Å². The van der Waals surface area contributed by atoms with E-state index in [9.17, 15) is 14.4 Å². The smallest absolute Gasteiger partial charge is 0.329 e. The Kier molecular flexibility index (Phi) is 5.37. The SMILES string of the molecule is CN/C=C(\C=N)c1ccc2ncc3c(=O)[nH]c(=O)n(C4CCN(C(C)=O)CC4)c3c2n1. The minimum absolute atomic E-state index is 0.00794. The number of fused-ring (bicyclic) bond motifs is 3. The highest BCUT2D eigenvalue weighted by molar-refractivity contribution is 6.09. The fraction of sp³-hybridized carbons (Fsp3) is 0.333. The number of carbonyl (C=O) groups excluding carboxylic acids is 1. The lowest BCUT2D eigenvalue weighted by molar-refractivity contribution is -0.130. The van der Waals surface area contributed by atoms with Gasteiger partial charge in [-0.3, -0.25) is 24.1 Å². The molecule has 1 amide bonds. The molecule has 0 saturated carbocycles. The largest absolute Gasteiger partial charge is 0.393 e. The molecular formula is C21H23N7O3. The number of piperidine rings is 1. The quantitative estimate of drug-likeness (QED) is 0.425. The molecule has 1 fully saturated rings. The zero-order chi connectivity index (χ0) is 22.1. The predicted molar refractivity (Wildman–Crippen MR) is 118 cm³/mol. The summed E-state index contributed by atoms with van der Waals surface area (Å²) in [5.74, 6) is 0.00794. The minimum Gasteiger partial charge on any atom is -0.393 e. The van der Waals surface area contributed by atoms with Crippen molar-refractivity contribution in [2.24, 2.45) is 0 Å². The first-order chi connectivity index (χ1) is 14.9. The van der Waals surface area contributed by atoms with Crippen molar-refractivity contribution >= 4 is 39.6 Å². The number of pyridine rings is 2. The third-order valence-electron chi connectivity index (χ3n) is 5.64. The van der Waals surface area contributed by atoms with Gasteiger partial charge in [0.15, 0.2) is 0 Å². The summed E-state index contributed by atoms with van der Waals surface area (Å²) in [6.45, 7) is 2.61. The van der Waals surface area contributed by atoms with E-state index < -0.39 is 11.2 Å².